The summed E-state index contributed by atoms with van der Waals surface area (Å²) in [6, 6.07) is 18.2. The standard InChI is InChI=1S/C23H27N3O/c1-5-20-13-9-10-18(4)22(20)25-23(27)21(14-24)16-26(17(2)3)15-19-11-7-6-8-12-19/h6-13,16-17H,5,15H2,1-4H3,(H,25,27)/b21-16-. The van der Waals surface area contributed by atoms with Gasteiger partial charge in [0, 0.05) is 24.5 Å². The van der Waals surface area contributed by atoms with Gasteiger partial charge in [0.15, 0.2) is 0 Å². The van der Waals surface area contributed by atoms with Gasteiger partial charge in [-0.1, -0.05) is 55.5 Å². The van der Waals surface area contributed by atoms with Gasteiger partial charge in [-0.3, -0.25) is 4.79 Å². The molecule has 2 rings (SSSR count). The Labute approximate surface area is 162 Å². The van der Waals surface area contributed by atoms with Crippen molar-refractivity contribution >= 4 is 11.6 Å². The summed E-state index contributed by atoms with van der Waals surface area (Å²) >= 11 is 0. The average Bonchev–Trinajstić information content (AvgIpc) is 2.67. The van der Waals surface area contributed by atoms with Gasteiger partial charge in [0.25, 0.3) is 5.91 Å². The van der Waals surface area contributed by atoms with Gasteiger partial charge in [0.2, 0.25) is 0 Å². The summed E-state index contributed by atoms with van der Waals surface area (Å²) in [5, 5.41) is 12.5. The Balaban J connectivity index is 2.25. The van der Waals surface area contributed by atoms with Crippen LogP contribution in [0.2, 0.25) is 0 Å². The van der Waals surface area contributed by atoms with Gasteiger partial charge in [-0.15, -0.1) is 0 Å². The summed E-state index contributed by atoms with van der Waals surface area (Å²) in [5.41, 5.74) is 4.08. The molecule has 140 valence electrons. The van der Waals surface area contributed by atoms with Crippen molar-refractivity contribution in [3.8, 4) is 6.07 Å². The minimum atomic E-state index is -0.375. The summed E-state index contributed by atoms with van der Waals surface area (Å²) in [7, 11) is 0. The molecule has 0 bridgehead atoms. The fourth-order valence-corrected chi connectivity index (χ4v) is 2.86. The van der Waals surface area contributed by atoms with Crippen molar-refractivity contribution < 1.29 is 4.79 Å². The number of hydrogen-bond donors (Lipinski definition) is 1. The van der Waals surface area contributed by atoms with Crippen molar-refractivity contribution in [2.45, 2.75) is 46.7 Å². The van der Waals surface area contributed by atoms with E-state index in [9.17, 15) is 10.1 Å². The first-order valence-corrected chi connectivity index (χ1v) is 9.27. The Morgan fingerprint density at radius 3 is 2.48 bits per heavy atom. The van der Waals surface area contributed by atoms with Gasteiger partial charge in [-0.2, -0.15) is 5.26 Å². The lowest BCUT2D eigenvalue weighted by molar-refractivity contribution is -0.112. The fraction of sp³-hybridized carbons (Fsp3) is 0.304. The molecule has 4 heteroatoms. The van der Waals surface area contributed by atoms with E-state index in [0.29, 0.717) is 6.54 Å². The number of nitrogens with one attached hydrogen (secondary N) is 1. The largest absolute Gasteiger partial charge is 0.369 e. The molecule has 0 aromatic heterocycles. The number of hydrogen-bond acceptors (Lipinski definition) is 3. The van der Waals surface area contributed by atoms with Crippen LogP contribution in [-0.4, -0.2) is 16.8 Å². The SMILES string of the molecule is CCc1cccc(C)c1NC(=O)/C(C#N)=C\N(Cc1ccccc1)C(C)C. The Kier molecular flexibility index (Phi) is 7.19. The lowest BCUT2D eigenvalue weighted by Crippen LogP contribution is -2.27. The van der Waals surface area contributed by atoms with E-state index in [1.165, 1.54) is 0 Å². The van der Waals surface area contributed by atoms with Crippen LogP contribution in [0.25, 0.3) is 0 Å². The number of carbonyl (C=O) groups excluding carboxylic acids is 1. The second kappa shape index (κ2) is 9.59. The van der Waals surface area contributed by atoms with Crippen molar-refractivity contribution in [1.82, 2.24) is 4.90 Å². The lowest BCUT2D eigenvalue weighted by atomic mass is 10.1. The van der Waals surface area contributed by atoms with E-state index in [0.717, 1.165) is 28.8 Å². The van der Waals surface area contributed by atoms with Gasteiger partial charge in [-0.05, 0) is 43.9 Å². The third-order valence-corrected chi connectivity index (χ3v) is 4.51. The summed E-state index contributed by atoms with van der Waals surface area (Å²) in [5.74, 6) is -0.375. The highest BCUT2D eigenvalue weighted by atomic mass is 16.1. The molecule has 0 fully saturated rings. The third-order valence-electron chi connectivity index (χ3n) is 4.51. The molecule has 1 N–H and O–H groups in total. The van der Waals surface area contributed by atoms with Crippen LogP contribution in [0, 0.1) is 18.3 Å². The third kappa shape index (κ3) is 5.46. The van der Waals surface area contributed by atoms with Gasteiger partial charge >= 0.3 is 0 Å². The van der Waals surface area contributed by atoms with E-state index >= 15 is 0 Å². The van der Waals surface area contributed by atoms with Crippen molar-refractivity contribution in [2.24, 2.45) is 0 Å². The zero-order valence-corrected chi connectivity index (χ0v) is 16.5. The van der Waals surface area contributed by atoms with Crippen molar-refractivity contribution in [3.05, 3.63) is 77.0 Å². The molecular weight excluding hydrogens is 334 g/mol. The van der Waals surface area contributed by atoms with Crippen molar-refractivity contribution in [1.29, 1.82) is 5.26 Å². The quantitative estimate of drug-likeness (QED) is 0.568. The molecule has 0 heterocycles. The monoisotopic (exact) mass is 361 g/mol. The molecule has 2 aromatic carbocycles. The van der Waals surface area contributed by atoms with Crippen LogP contribution in [0.15, 0.2) is 60.3 Å². The van der Waals surface area contributed by atoms with Crippen LogP contribution in [0.1, 0.15) is 37.5 Å². The molecule has 0 aliphatic rings. The second-order valence-corrected chi connectivity index (χ2v) is 6.82. The molecule has 4 nitrogen and oxygen atoms in total. The van der Waals surface area contributed by atoms with Gasteiger partial charge in [-0.25, -0.2) is 0 Å². The minimum absolute atomic E-state index is 0.102. The number of rotatable bonds is 7. The predicted molar refractivity (Wildman–Crippen MR) is 110 cm³/mol. The zero-order valence-electron chi connectivity index (χ0n) is 16.5. The van der Waals surface area contributed by atoms with E-state index in [1.54, 1.807) is 6.20 Å². The van der Waals surface area contributed by atoms with Crippen LogP contribution in [0.4, 0.5) is 5.69 Å². The molecule has 27 heavy (non-hydrogen) atoms. The Hall–Kier alpha value is -3.06. The number of carbonyl (C=O) groups is 1. The van der Waals surface area contributed by atoms with Crippen LogP contribution in [0.5, 0.6) is 0 Å². The summed E-state index contributed by atoms with van der Waals surface area (Å²) < 4.78 is 0. The van der Waals surface area contributed by atoms with E-state index < -0.39 is 0 Å². The number of nitrogens with zero attached hydrogens (tertiary/aromatic N) is 2. The molecule has 2 aromatic rings. The van der Waals surface area contributed by atoms with Crippen LogP contribution < -0.4 is 5.32 Å². The maximum absolute atomic E-state index is 12.7. The zero-order chi connectivity index (χ0) is 19.8. The fourth-order valence-electron chi connectivity index (χ4n) is 2.86. The highest BCUT2D eigenvalue weighted by Crippen LogP contribution is 2.22. The van der Waals surface area contributed by atoms with Gasteiger partial charge in [0.05, 0.1) is 0 Å². The number of nitriles is 1. The first-order chi connectivity index (χ1) is 13.0. The number of benzene rings is 2. The molecule has 0 saturated carbocycles. The molecule has 0 unspecified atom stereocenters. The normalized spacial score (nSPS) is 11.2. The summed E-state index contributed by atoms with van der Waals surface area (Å²) in [6.07, 6.45) is 2.48. The molecule has 0 aliphatic carbocycles. The molecule has 0 radical (unpaired) electrons. The van der Waals surface area contributed by atoms with Crippen molar-refractivity contribution in [2.75, 3.05) is 5.32 Å². The highest BCUT2D eigenvalue weighted by molar-refractivity contribution is 6.07. The number of aryl methyl sites for hydroxylation is 2. The maximum Gasteiger partial charge on any atom is 0.267 e. The van der Waals surface area contributed by atoms with E-state index in [4.69, 9.17) is 0 Å². The molecule has 0 aliphatic heterocycles. The summed E-state index contributed by atoms with van der Waals surface area (Å²) in [4.78, 5) is 14.8. The first kappa shape index (κ1) is 20.3. The number of para-hydroxylation sites is 1. The highest BCUT2D eigenvalue weighted by Gasteiger charge is 2.16. The Morgan fingerprint density at radius 1 is 1.19 bits per heavy atom. The van der Waals surface area contributed by atoms with E-state index in [-0.39, 0.29) is 17.5 Å². The Morgan fingerprint density at radius 2 is 1.89 bits per heavy atom. The van der Waals surface area contributed by atoms with Crippen LogP contribution in [0.3, 0.4) is 0 Å². The van der Waals surface area contributed by atoms with Gasteiger partial charge in [0.1, 0.15) is 11.6 Å². The smallest absolute Gasteiger partial charge is 0.267 e. The first-order valence-electron chi connectivity index (χ1n) is 9.27. The van der Waals surface area contributed by atoms with E-state index in [2.05, 4.69) is 11.4 Å². The molecule has 0 atom stereocenters. The number of amides is 1. The average molecular weight is 361 g/mol. The maximum atomic E-state index is 12.7. The second-order valence-electron chi connectivity index (χ2n) is 6.82. The van der Waals surface area contributed by atoms with Crippen LogP contribution in [-0.2, 0) is 17.8 Å². The number of anilines is 1. The van der Waals surface area contributed by atoms with Gasteiger partial charge < -0.3 is 10.2 Å². The minimum Gasteiger partial charge on any atom is -0.369 e. The summed E-state index contributed by atoms with van der Waals surface area (Å²) in [6.45, 7) is 8.74. The molecular formula is C23H27N3O. The molecule has 0 saturated heterocycles. The topological polar surface area (TPSA) is 56.1 Å². The molecule has 1 amide bonds. The lowest BCUT2D eigenvalue weighted by Gasteiger charge is -2.25. The van der Waals surface area contributed by atoms with E-state index in [1.807, 2.05) is 81.1 Å². The van der Waals surface area contributed by atoms with Crippen molar-refractivity contribution in [3.63, 3.8) is 0 Å². The molecule has 0 spiro atoms. The predicted octanol–water partition coefficient (Wildman–Crippen LogP) is 4.81. The Bertz CT molecular complexity index is 848. The van der Waals surface area contributed by atoms with Crippen LogP contribution >= 0.6 is 0 Å².